The summed E-state index contributed by atoms with van der Waals surface area (Å²) in [7, 11) is 0. The first-order chi connectivity index (χ1) is 11.2. The molecule has 8 heteroatoms. The number of nitrogens with one attached hydrogen (secondary N) is 2. The van der Waals surface area contributed by atoms with Gasteiger partial charge in [0.25, 0.3) is 5.91 Å². The van der Waals surface area contributed by atoms with Crippen molar-refractivity contribution in [1.82, 2.24) is 15.0 Å². The lowest BCUT2D eigenvalue weighted by Gasteiger charge is -2.32. The van der Waals surface area contributed by atoms with E-state index in [-0.39, 0.29) is 17.3 Å². The molecule has 0 bridgehead atoms. The maximum atomic E-state index is 11.5. The molecule has 3 rings (SSSR count). The highest BCUT2D eigenvalue weighted by molar-refractivity contribution is 5.98. The van der Waals surface area contributed by atoms with Crippen molar-refractivity contribution in [3.8, 4) is 0 Å². The molecule has 0 unspecified atom stereocenters. The van der Waals surface area contributed by atoms with Gasteiger partial charge < -0.3 is 22.1 Å². The highest BCUT2D eigenvalue weighted by Gasteiger charge is 2.26. The van der Waals surface area contributed by atoms with Crippen molar-refractivity contribution >= 4 is 28.6 Å². The number of carbonyl (C=O) groups excluding carboxylic acids is 1. The number of primary amides is 1. The van der Waals surface area contributed by atoms with Gasteiger partial charge in [-0.1, -0.05) is 0 Å². The molecule has 0 radical (unpaired) electrons. The number of anilines is 2. The normalized spacial score (nSPS) is 20.5. The van der Waals surface area contributed by atoms with E-state index in [1.807, 2.05) is 20.8 Å². The molecule has 0 saturated heterocycles. The third kappa shape index (κ3) is 3.53. The molecule has 2 aromatic heterocycles. The lowest BCUT2D eigenvalue weighted by atomic mass is 9.88. The standard InChI is InChI=1S/C16H23N7O/c1-16(2,3)23-14-12-8(4-11(21-14)13(18)24)7-19-15(22-12)20-10-5-9(17)6-10/h4,7,9-10H,5-6,17H2,1-3H3,(H2,18,24)(H,21,23)(H,19,20,22)/t9-,10-. The van der Waals surface area contributed by atoms with Crippen molar-refractivity contribution in [1.29, 1.82) is 0 Å². The summed E-state index contributed by atoms with van der Waals surface area (Å²) < 4.78 is 0. The molecule has 8 nitrogen and oxygen atoms in total. The summed E-state index contributed by atoms with van der Waals surface area (Å²) in [6, 6.07) is 2.16. The maximum Gasteiger partial charge on any atom is 0.267 e. The van der Waals surface area contributed by atoms with E-state index in [1.54, 1.807) is 12.3 Å². The Morgan fingerprint density at radius 1 is 1.29 bits per heavy atom. The minimum Gasteiger partial charge on any atom is -0.364 e. The van der Waals surface area contributed by atoms with Crippen LogP contribution in [0.25, 0.3) is 10.9 Å². The molecule has 1 aliphatic carbocycles. The number of carbonyl (C=O) groups is 1. The van der Waals surface area contributed by atoms with E-state index in [9.17, 15) is 4.79 Å². The Labute approximate surface area is 140 Å². The Bertz CT molecular complexity index is 778. The predicted molar refractivity (Wildman–Crippen MR) is 93.8 cm³/mol. The molecule has 1 aliphatic rings. The van der Waals surface area contributed by atoms with E-state index in [4.69, 9.17) is 11.5 Å². The van der Waals surface area contributed by atoms with Gasteiger partial charge in [0.2, 0.25) is 5.95 Å². The second-order valence-electron chi connectivity index (χ2n) is 7.30. The van der Waals surface area contributed by atoms with Crippen molar-refractivity contribution in [3.63, 3.8) is 0 Å². The van der Waals surface area contributed by atoms with E-state index < -0.39 is 5.91 Å². The summed E-state index contributed by atoms with van der Waals surface area (Å²) in [6.07, 6.45) is 3.49. The van der Waals surface area contributed by atoms with Crippen molar-refractivity contribution < 1.29 is 4.79 Å². The molecule has 1 amide bonds. The number of rotatable bonds is 4. The molecule has 0 spiro atoms. The van der Waals surface area contributed by atoms with Crippen molar-refractivity contribution in [2.45, 2.75) is 51.2 Å². The summed E-state index contributed by atoms with van der Waals surface area (Å²) in [5.74, 6) is 0.467. The second kappa shape index (κ2) is 5.86. The summed E-state index contributed by atoms with van der Waals surface area (Å²) in [4.78, 5) is 24.7. The van der Waals surface area contributed by atoms with Gasteiger partial charge in [0.1, 0.15) is 11.2 Å². The van der Waals surface area contributed by atoms with Crippen LogP contribution in [0.2, 0.25) is 0 Å². The number of aromatic nitrogens is 3. The van der Waals surface area contributed by atoms with Crippen LogP contribution in [0.1, 0.15) is 44.1 Å². The van der Waals surface area contributed by atoms with Gasteiger partial charge in [-0.2, -0.15) is 0 Å². The molecule has 0 aliphatic heterocycles. The third-order valence-corrected chi connectivity index (χ3v) is 3.82. The summed E-state index contributed by atoms with van der Waals surface area (Å²) in [5, 5.41) is 7.27. The number of amides is 1. The van der Waals surface area contributed by atoms with Crippen molar-refractivity contribution in [2.24, 2.45) is 11.5 Å². The molecule has 24 heavy (non-hydrogen) atoms. The summed E-state index contributed by atoms with van der Waals surface area (Å²) >= 11 is 0. The van der Waals surface area contributed by atoms with Crippen LogP contribution in [0.4, 0.5) is 11.8 Å². The van der Waals surface area contributed by atoms with Crippen LogP contribution in [0.3, 0.4) is 0 Å². The van der Waals surface area contributed by atoms with Crippen LogP contribution < -0.4 is 22.1 Å². The molecular weight excluding hydrogens is 306 g/mol. The summed E-state index contributed by atoms with van der Waals surface area (Å²) in [5.41, 5.74) is 11.8. The van der Waals surface area contributed by atoms with E-state index in [0.717, 1.165) is 12.8 Å². The zero-order chi connectivity index (χ0) is 17.5. The predicted octanol–water partition coefficient (Wildman–Crippen LogP) is 1.24. The molecule has 2 heterocycles. The highest BCUT2D eigenvalue weighted by Crippen LogP contribution is 2.26. The smallest absolute Gasteiger partial charge is 0.267 e. The first-order valence-corrected chi connectivity index (χ1v) is 7.99. The van der Waals surface area contributed by atoms with Gasteiger partial charge in [0, 0.05) is 29.2 Å². The Morgan fingerprint density at radius 2 is 2.00 bits per heavy atom. The minimum absolute atomic E-state index is 0.184. The van der Waals surface area contributed by atoms with Gasteiger partial charge in [-0.05, 0) is 39.7 Å². The fourth-order valence-corrected chi connectivity index (χ4v) is 2.64. The molecule has 1 fully saturated rings. The zero-order valence-electron chi connectivity index (χ0n) is 14.1. The lowest BCUT2D eigenvalue weighted by Crippen LogP contribution is -2.44. The topological polar surface area (TPSA) is 132 Å². The number of nitrogens with zero attached hydrogens (tertiary/aromatic N) is 3. The average molecular weight is 329 g/mol. The number of hydrogen-bond donors (Lipinski definition) is 4. The molecule has 128 valence electrons. The van der Waals surface area contributed by atoms with E-state index in [2.05, 4.69) is 25.6 Å². The first-order valence-electron chi connectivity index (χ1n) is 7.99. The second-order valence-corrected chi connectivity index (χ2v) is 7.30. The molecule has 6 N–H and O–H groups in total. The Kier molecular flexibility index (Phi) is 4.00. The van der Waals surface area contributed by atoms with Crippen LogP contribution in [0.15, 0.2) is 12.3 Å². The average Bonchev–Trinajstić information content (AvgIpc) is 2.44. The Hall–Kier alpha value is -2.48. The Morgan fingerprint density at radius 3 is 2.58 bits per heavy atom. The van der Waals surface area contributed by atoms with E-state index >= 15 is 0 Å². The zero-order valence-corrected chi connectivity index (χ0v) is 14.1. The van der Waals surface area contributed by atoms with Gasteiger partial charge in [0.15, 0.2) is 5.82 Å². The van der Waals surface area contributed by atoms with Crippen LogP contribution >= 0.6 is 0 Å². The van der Waals surface area contributed by atoms with Gasteiger partial charge >= 0.3 is 0 Å². The van der Waals surface area contributed by atoms with E-state index in [1.165, 1.54) is 0 Å². The quantitative estimate of drug-likeness (QED) is 0.663. The monoisotopic (exact) mass is 329 g/mol. The molecule has 2 aromatic rings. The fourth-order valence-electron chi connectivity index (χ4n) is 2.64. The van der Waals surface area contributed by atoms with Crippen LogP contribution in [-0.4, -0.2) is 38.5 Å². The fraction of sp³-hybridized carbons (Fsp3) is 0.500. The first kappa shape index (κ1) is 16.4. The van der Waals surface area contributed by atoms with E-state index in [0.29, 0.717) is 28.7 Å². The van der Waals surface area contributed by atoms with Gasteiger partial charge in [-0.15, -0.1) is 0 Å². The number of nitrogens with two attached hydrogens (primary N) is 2. The molecule has 0 aromatic carbocycles. The summed E-state index contributed by atoms with van der Waals surface area (Å²) in [6.45, 7) is 6.02. The third-order valence-electron chi connectivity index (χ3n) is 3.82. The maximum absolute atomic E-state index is 11.5. The molecule has 0 atom stereocenters. The van der Waals surface area contributed by atoms with Gasteiger partial charge in [-0.25, -0.2) is 15.0 Å². The number of pyridine rings is 1. The van der Waals surface area contributed by atoms with Crippen molar-refractivity contribution in [2.75, 3.05) is 10.6 Å². The van der Waals surface area contributed by atoms with Crippen LogP contribution in [-0.2, 0) is 0 Å². The lowest BCUT2D eigenvalue weighted by molar-refractivity contribution is 0.0996. The Balaban J connectivity index is 2.00. The van der Waals surface area contributed by atoms with Crippen LogP contribution in [0.5, 0.6) is 0 Å². The highest BCUT2D eigenvalue weighted by atomic mass is 16.1. The number of fused-ring (bicyclic) bond motifs is 1. The minimum atomic E-state index is -0.584. The molecular formula is C16H23N7O. The molecule has 1 saturated carbocycles. The van der Waals surface area contributed by atoms with Gasteiger partial charge in [-0.3, -0.25) is 4.79 Å². The number of hydrogen-bond acceptors (Lipinski definition) is 7. The largest absolute Gasteiger partial charge is 0.364 e. The van der Waals surface area contributed by atoms with Crippen LogP contribution in [0, 0.1) is 0 Å². The van der Waals surface area contributed by atoms with Gasteiger partial charge in [0.05, 0.1) is 0 Å². The van der Waals surface area contributed by atoms with Crippen molar-refractivity contribution in [3.05, 3.63) is 18.0 Å². The SMILES string of the molecule is CC(C)(C)Nc1nc(C(N)=O)cc2cnc(N[C@H]3C[C@H](N)C3)nc12.